The fourth-order valence-electron chi connectivity index (χ4n) is 4.57. The van der Waals surface area contributed by atoms with E-state index >= 15 is 0 Å². The molecular weight excluding hydrogens is 537 g/mol. The van der Waals surface area contributed by atoms with E-state index in [2.05, 4.69) is 10.3 Å². The molecule has 0 spiro atoms. The number of thiocarbonyl (C=S) groups is 1. The zero-order chi connectivity index (χ0) is 26.1. The van der Waals surface area contributed by atoms with Crippen molar-refractivity contribution in [2.24, 2.45) is 0 Å². The minimum atomic E-state index is -0.301. The fraction of sp³-hybridized carbons (Fsp3) is 0.0667. The number of furan rings is 1. The number of para-hydroxylation sites is 1. The van der Waals surface area contributed by atoms with Gasteiger partial charge >= 0.3 is 0 Å². The first-order valence-corrected chi connectivity index (χ1v) is 13.1. The molecule has 2 aromatic heterocycles. The van der Waals surface area contributed by atoms with Gasteiger partial charge in [-0.2, -0.15) is 0 Å². The zero-order valence-electron chi connectivity index (χ0n) is 19.9. The third kappa shape index (κ3) is 4.74. The van der Waals surface area contributed by atoms with Crippen molar-refractivity contribution in [3.63, 3.8) is 0 Å². The normalized spacial score (nSPS) is 16.9. The number of halogens is 2. The maximum atomic E-state index is 6.48. The van der Waals surface area contributed by atoms with Gasteiger partial charge in [-0.05, 0) is 85.0 Å². The molecule has 0 aliphatic carbocycles. The highest BCUT2D eigenvalue weighted by molar-refractivity contribution is 7.80. The smallest absolute Gasteiger partial charge is 0.174 e. The van der Waals surface area contributed by atoms with Crippen LogP contribution in [0.5, 0.6) is 11.5 Å². The lowest BCUT2D eigenvalue weighted by Gasteiger charge is -2.26. The number of hydrogen-bond acceptors (Lipinski definition) is 4. The van der Waals surface area contributed by atoms with Crippen LogP contribution in [0.4, 0.5) is 5.69 Å². The first-order valence-electron chi connectivity index (χ1n) is 12.0. The summed E-state index contributed by atoms with van der Waals surface area (Å²) in [5.74, 6) is 2.83. The predicted molar refractivity (Wildman–Crippen MR) is 155 cm³/mol. The van der Waals surface area contributed by atoms with Crippen LogP contribution in [0.1, 0.15) is 23.5 Å². The standard InChI is InChI=1S/C30H21Cl2N3O2S/c31-23-10-6-9-22(27(23)32)25-16-17-26(37-25)29-28(24-11-4-5-18-33-24)34-30(38)35(29)19-12-14-21(15-13-19)36-20-7-2-1-3-8-20/h1-18,28-29H,(H,34,38). The summed E-state index contributed by atoms with van der Waals surface area (Å²) in [6.45, 7) is 0. The highest BCUT2D eigenvalue weighted by atomic mass is 35.5. The zero-order valence-corrected chi connectivity index (χ0v) is 22.3. The number of hydrogen-bond donors (Lipinski definition) is 1. The van der Waals surface area contributed by atoms with E-state index in [1.54, 1.807) is 12.3 Å². The first kappa shape index (κ1) is 24.5. The monoisotopic (exact) mass is 557 g/mol. The van der Waals surface area contributed by atoms with Crippen LogP contribution in [0.25, 0.3) is 11.3 Å². The van der Waals surface area contributed by atoms with Crippen LogP contribution >= 0.6 is 35.4 Å². The molecule has 3 heterocycles. The molecule has 2 unspecified atom stereocenters. The van der Waals surface area contributed by atoms with Gasteiger partial charge in [0.25, 0.3) is 0 Å². The molecule has 38 heavy (non-hydrogen) atoms. The Morgan fingerprint density at radius 3 is 2.34 bits per heavy atom. The molecule has 6 rings (SSSR count). The van der Waals surface area contributed by atoms with Crippen LogP contribution in [0.15, 0.2) is 114 Å². The quantitative estimate of drug-likeness (QED) is 0.211. The van der Waals surface area contributed by atoms with E-state index in [-0.39, 0.29) is 12.1 Å². The van der Waals surface area contributed by atoms with Crippen molar-refractivity contribution in [3.8, 4) is 22.8 Å². The number of nitrogens with one attached hydrogen (secondary N) is 1. The van der Waals surface area contributed by atoms with Crippen molar-refractivity contribution >= 4 is 46.2 Å². The van der Waals surface area contributed by atoms with Crippen molar-refractivity contribution in [1.82, 2.24) is 10.3 Å². The van der Waals surface area contributed by atoms with Gasteiger partial charge in [0.15, 0.2) is 5.11 Å². The van der Waals surface area contributed by atoms with E-state index in [9.17, 15) is 0 Å². The van der Waals surface area contributed by atoms with E-state index in [4.69, 9.17) is 44.6 Å². The third-order valence-electron chi connectivity index (χ3n) is 6.33. The van der Waals surface area contributed by atoms with Crippen molar-refractivity contribution in [2.45, 2.75) is 12.1 Å². The molecule has 1 aliphatic heterocycles. The van der Waals surface area contributed by atoms with Gasteiger partial charge in [0.05, 0.1) is 21.8 Å². The highest BCUT2D eigenvalue weighted by Gasteiger charge is 2.42. The first-order chi connectivity index (χ1) is 18.6. The van der Waals surface area contributed by atoms with E-state index in [0.29, 0.717) is 26.7 Å². The van der Waals surface area contributed by atoms with Gasteiger partial charge in [-0.1, -0.05) is 53.5 Å². The second kappa shape index (κ2) is 10.5. The molecule has 0 radical (unpaired) electrons. The van der Waals surface area contributed by atoms with Gasteiger partial charge < -0.3 is 19.4 Å². The summed E-state index contributed by atoms with van der Waals surface area (Å²) in [6.07, 6.45) is 1.77. The lowest BCUT2D eigenvalue weighted by atomic mass is 10.0. The largest absolute Gasteiger partial charge is 0.459 e. The molecule has 1 N–H and O–H groups in total. The molecule has 2 atom stereocenters. The summed E-state index contributed by atoms with van der Waals surface area (Å²) in [7, 11) is 0. The highest BCUT2D eigenvalue weighted by Crippen LogP contribution is 2.44. The number of anilines is 1. The summed E-state index contributed by atoms with van der Waals surface area (Å²) in [6, 6.07) is 32.1. The number of rotatable bonds is 6. The van der Waals surface area contributed by atoms with Gasteiger partial charge in [0, 0.05) is 17.4 Å². The Hall–Kier alpha value is -3.84. The van der Waals surface area contributed by atoms with Gasteiger partial charge in [-0.25, -0.2) is 0 Å². The van der Waals surface area contributed by atoms with Gasteiger partial charge in [0.1, 0.15) is 29.1 Å². The predicted octanol–water partition coefficient (Wildman–Crippen LogP) is 8.62. The summed E-state index contributed by atoms with van der Waals surface area (Å²) < 4.78 is 12.4. The van der Waals surface area contributed by atoms with E-state index < -0.39 is 0 Å². The number of ether oxygens (including phenoxy) is 1. The minimum Gasteiger partial charge on any atom is -0.459 e. The molecule has 5 aromatic rings. The fourth-order valence-corrected chi connectivity index (χ4v) is 5.31. The topological polar surface area (TPSA) is 50.5 Å². The van der Waals surface area contributed by atoms with Crippen LogP contribution in [0.3, 0.4) is 0 Å². The van der Waals surface area contributed by atoms with Crippen molar-refractivity contribution < 1.29 is 9.15 Å². The number of benzene rings is 3. The van der Waals surface area contributed by atoms with Crippen LogP contribution in [-0.2, 0) is 0 Å². The molecule has 1 fully saturated rings. The van der Waals surface area contributed by atoms with E-state index in [1.807, 2.05) is 102 Å². The molecule has 0 amide bonds. The van der Waals surface area contributed by atoms with Crippen molar-refractivity contribution in [1.29, 1.82) is 0 Å². The summed E-state index contributed by atoms with van der Waals surface area (Å²) >= 11 is 18.6. The average Bonchev–Trinajstić information content (AvgIpc) is 3.56. The summed E-state index contributed by atoms with van der Waals surface area (Å²) in [5, 5.41) is 4.93. The Labute approximate surface area is 235 Å². The molecule has 1 aliphatic rings. The second-order valence-corrected chi connectivity index (χ2v) is 9.88. The number of nitrogens with zero attached hydrogens (tertiary/aromatic N) is 2. The molecule has 1 saturated heterocycles. The molecule has 8 heteroatoms. The van der Waals surface area contributed by atoms with E-state index in [0.717, 1.165) is 28.4 Å². The summed E-state index contributed by atoms with van der Waals surface area (Å²) in [4.78, 5) is 6.65. The van der Waals surface area contributed by atoms with Crippen molar-refractivity contribution in [2.75, 3.05) is 4.90 Å². The molecular formula is C30H21Cl2N3O2S. The van der Waals surface area contributed by atoms with Crippen molar-refractivity contribution in [3.05, 3.63) is 131 Å². The average molecular weight is 558 g/mol. The van der Waals surface area contributed by atoms with Gasteiger partial charge in [-0.15, -0.1) is 0 Å². The maximum absolute atomic E-state index is 6.48. The van der Waals surface area contributed by atoms with Crippen LogP contribution in [0, 0.1) is 0 Å². The molecule has 0 bridgehead atoms. The second-order valence-electron chi connectivity index (χ2n) is 8.71. The van der Waals surface area contributed by atoms with E-state index in [1.165, 1.54) is 0 Å². The molecule has 188 valence electrons. The Balaban J connectivity index is 1.37. The third-order valence-corrected chi connectivity index (χ3v) is 7.46. The Morgan fingerprint density at radius 2 is 1.58 bits per heavy atom. The molecule has 0 saturated carbocycles. The number of pyridine rings is 1. The maximum Gasteiger partial charge on any atom is 0.174 e. The Morgan fingerprint density at radius 1 is 0.816 bits per heavy atom. The SMILES string of the molecule is S=C1NC(c2ccccn2)C(c2ccc(-c3cccc(Cl)c3Cl)o2)N1c1ccc(Oc2ccccc2)cc1. The van der Waals surface area contributed by atoms with Crippen LogP contribution < -0.4 is 15.0 Å². The minimum absolute atomic E-state index is 0.238. The number of aromatic nitrogens is 1. The Bertz CT molecular complexity index is 1580. The lowest BCUT2D eigenvalue weighted by Crippen LogP contribution is -2.29. The summed E-state index contributed by atoms with van der Waals surface area (Å²) in [5.41, 5.74) is 2.47. The van der Waals surface area contributed by atoms with Crippen LogP contribution in [-0.4, -0.2) is 10.1 Å². The van der Waals surface area contributed by atoms with Crippen LogP contribution in [0.2, 0.25) is 10.0 Å². The Kier molecular flexibility index (Phi) is 6.77. The lowest BCUT2D eigenvalue weighted by molar-refractivity contribution is 0.439. The van der Waals surface area contributed by atoms with Gasteiger partial charge in [-0.3, -0.25) is 4.98 Å². The van der Waals surface area contributed by atoms with Gasteiger partial charge in [0.2, 0.25) is 0 Å². The molecule has 5 nitrogen and oxygen atoms in total. The molecule has 3 aromatic carbocycles.